The summed E-state index contributed by atoms with van der Waals surface area (Å²) in [6.07, 6.45) is 0. The maximum atomic E-state index is 11.3. The van der Waals surface area contributed by atoms with Gasteiger partial charge in [-0.3, -0.25) is 9.48 Å². The zero-order valence-corrected chi connectivity index (χ0v) is 9.35. The Morgan fingerprint density at radius 2 is 2.21 bits per heavy atom. The monoisotopic (exact) mass is 215 g/mol. The van der Waals surface area contributed by atoms with Crippen LogP contribution < -0.4 is 5.32 Å². The van der Waals surface area contributed by atoms with Crippen molar-refractivity contribution in [2.75, 3.05) is 6.54 Å². The van der Waals surface area contributed by atoms with Crippen molar-refractivity contribution in [2.45, 2.75) is 27.3 Å². The van der Waals surface area contributed by atoms with Crippen LogP contribution in [0.2, 0.25) is 5.02 Å². The van der Waals surface area contributed by atoms with Crippen molar-refractivity contribution >= 4 is 17.5 Å². The van der Waals surface area contributed by atoms with Crippen LogP contribution >= 0.6 is 11.6 Å². The Morgan fingerprint density at radius 3 is 2.64 bits per heavy atom. The summed E-state index contributed by atoms with van der Waals surface area (Å²) >= 11 is 5.94. The maximum Gasteiger partial charge on any atom is 0.241 e. The van der Waals surface area contributed by atoms with Gasteiger partial charge < -0.3 is 5.32 Å². The van der Waals surface area contributed by atoms with Crippen molar-refractivity contribution in [3.8, 4) is 0 Å². The summed E-state index contributed by atoms with van der Waals surface area (Å²) in [4.78, 5) is 11.3. The van der Waals surface area contributed by atoms with Gasteiger partial charge in [0.25, 0.3) is 0 Å². The van der Waals surface area contributed by atoms with E-state index >= 15 is 0 Å². The smallest absolute Gasteiger partial charge is 0.241 e. The Kier molecular flexibility index (Phi) is 3.52. The molecule has 14 heavy (non-hydrogen) atoms. The van der Waals surface area contributed by atoms with Gasteiger partial charge in [0, 0.05) is 6.54 Å². The van der Waals surface area contributed by atoms with Crippen molar-refractivity contribution in [2.24, 2.45) is 0 Å². The number of hydrogen-bond donors (Lipinski definition) is 1. The summed E-state index contributed by atoms with van der Waals surface area (Å²) in [7, 11) is 0. The first-order chi connectivity index (χ1) is 6.56. The van der Waals surface area contributed by atoms with E-state index in [9.17, 15) is 4.79 Å². The van der Waals surface area contributed by atoms with E-state index in [1.807, 2.05) is 20.8 Å². The Balaban J connectivity index is 2.77. The zero-order valence-electron chi connectivity index (χ0n) is 8.59. The highest BCUT2D eigenvalue weighted by molar-refractivity contribution is 6.31. The molecule has 1 rings (SSSR count). The van der Waals surface area contributed by atoms with Crippen LogP contribution in [-0.2, 0) is 11.3 Å². The minimum atomic E-state index is -0.0465. The predicted molar refractivity (Wildman–Crippen MR) is 55.4 cm³/mol. The lowest BCUT2D eigenvalue weighted by atomic mass is 10.4. The minimum absolute atomic E-state index is 0.0465. The van der Waals surface area contributed by atoms with E-state index in [4.69, 9.17) is 11.6 Å². The van der Waals surface area contributed by atoms with Crippen LogP contribution in [0.25, 0.3) is 0 Å². The van der Waals surface area contributed by atoms with E-state index in [0.29, 0.717) is 11.6 Å². The molecule has 0 saturated heterocycles. The molecule has 0 saturated carbocycles. The van der Waals surface area contributed by atoms with E-state index < -0.39 is 0 Å². The number of carbonyl (C=O) groups excluding carboxylic acids is 1. The van der Waals surface area contributed by atoms with Gasteiger partial charge in [-0.1, -0.05) is 11.6 Å². The van der Waals surface area contributed by atoms with Gasteiger partial charge in [0.1, 0.15) is 6.54 Å². The van der Waals surface area contributed by atoms with Crippen LogP contribution in [0, 0.1) is 13.8 Å². The number of nitrogens with one attached hydrogen (secondary N) is 1. The molecule has 0 unspecified atom stereocenters. The van der Waals surface area contributed by atoms with Crippen LogP contribution in [0.5, 0.6) is 0 Å². The van der Waals surface area contributed by atoms with Crippen molar-refractivity contribution in [3.63, 3.8) is 0 Å². The summed E-state index contributed by atoms with van der Waals surface area (Å²) in [6, 6.07) is 0. The second kappa shape index (κ2) is 4.46. The minimum Gasteiger partial charge on any atom is -0.355 e. The molecule has 78 valence electrons. The van der Waals surface area contributed by atoms with Crippen molar-refractivity contribution < 1.29 is 4.79 Å². The fourth-order valence-corrected chi connectivity index (χ4v) is 1.35. The van der Waals surface area contributed by atoms with Gasteiger partial charge >= 0.3 is 0 Å². The predicted octanol–water partition coefficient (Wildman–Crippen LogP) is 1.29. The summed E-state index contributed by atoms with van der Waals surface area (Å²) in [5, 5.41) is 7.50. The number of nitrogens with zero attached hydrogens (tertiary/aromatic N) is 2. The molecule has 0 bridgehead atoms. The van der Waals surface area contributed by atoms with Gasteiger partial charge in [-0.2, -0.15) is 5.10 Å². The molecule has 1 aromatic rings. The van der Waals surface area contributed by atoms with E-state index in [-0.39, 0.29) is 12.5 Å². The maximum absolute atomic E-state index is 11.3. The normalized spacial score (nSPS) is 10.3. The highest BCUT2D eigenvalue weighted by atomic mass is 35.5. The average Bonchev–Trinajstić information content (AvgIpc) is 2.34. The topological polar surface area (TPSA) is 46.9 Å². The van der Waals surface area contributed by atoms with Crippen LogP contribution in [0.1, 0.15) is 18.3 Å². The lowest BCUT2D eigenvalue weighted by molar-refractivity contribution is -0.121. The Morgan fingerprint density at radius 1 is 1.57 bits per heavy atom. The van der Waals surface area contributed by atoms with Gasteiger partial charge in [0.05, 0.1) is 16.4 Å². The van der Waals surface area contributed by atoms with Gasteiger partial charge in [-0.05, 0) is 20.8 Å². The van der Waals surface area contributed by atoms with Gasteiger partial charge in [-0.15, -0.1) is 0 Å². The average molecular weight is 216 g/mol. The molecular weight excluding hydrogens is 202 g/mol. The zero-order chi connectivity index (χ0) is 10.7. The largest absolute Gasteiger partial charge is 0.355 e. The first-order valence-electron chi connectivity index (χ1n) is 4.52. The number of likely N-dealkylation sites (N-methyl/N-ethyl adjacent to an activating group) is 1. The summed E-state index contributed by atoms with van der Waals surface area (Å²) in [5.41, 5.74) is 1.59. The number of rotatable bonds is 3. The highest BCUT2D eigenvalue weighted by Crippen LogP contribution is 2.18. The molecule has 0 radical (unpaired) electrons. The number of aryl methyl sites for hydroxylation is 1. The number of hydrogen-bond acceptors (Lipinski definition) is 2. The van der Waals surface area contributed by atoms with E-state index in [1.54, 1.807) is 4.68 Å². The molecule has 1 aromatic heterocycles. The van der Waals surface area contributed by atoms with E-state index in [2.05, 4.69) is 10.4 Å². The second-order valence-corrected chi connectivity index (χ2v) is 3.47. The molecule has 0 fully saturated rings. The molecule has 1 N–H and O–H groups in total. The van der Waals surface area contributed by atoms with E-state index in [0.717, 1.165) is 11.4 Å². The van der Waals surface area contributed by atoms with Gasteiger partial charge in [-0.25, -0.2) is 0 Å². The lowest BCUT2D eigenvalue weighted by Crippen LogP contribution is -2.27. The molecule has 0 aliphatic rings. The molecule has 0 atom stereocenters. The van der Waals surface area contributed by atoms with E-state index in [1.165, 1.54) is 0 Å². The SMILES string of the molecule is CCNC(=O)Cn1nc(C)c(Cl)c1C. The summed E-state index contributed by atoms with van der Waals surface area (Å²) in [5.74, 6) is -0.0465. The van der Waals surface area contributed by atoms with Crippen molar-refractivity contribution in [3.05, 3.63) is 16.4 Å². The Hall–Kier alpha value is -1.03. The molecule has 0 aliphatic carbocycles. The molecule has 0 aromatic carbocycles. The molecule has 1 amide bonds. The molecule has 1 heterocycles. The number of carbonyl (C=O) groups is 1. The third-order valence-electron chi connectivity index (χ3n) is 1.96. The van der Waals surface area contributed by atoms with Crippen LogP contribution in [0.15, 0.2) is 0 Å². The first-order valence-corrected chi connectivity index (χ1v) is 4.90. The highest BCUT2D eigenvalue weighted by Gasteiger charge is 2.11. The van der Waals surface area contributed by atoms with Crippen LogP contribution in [0.3, 0.4) is 0 Å². The Labute approximate surface area is 88.2 Å². The van der Waals surface area contributed by atoms with Crippen LogP contribution in [0.4, 0.5) is 0 Å². The molecule has 5 heteroatoms. The fraction of sp³-hybridized carbons (Fsp3) is 0.556. The van der Waals surface area contributed by atoms with Gasteiger partial charge in [0.15, 0.2) is 0 Å². The third kappa shape index (κ3) is 2.26. The quantitative estimate of drug-likeness (QED) is 0.826. The van der Waals surface area contributed by atoms with Crippen molar-refractivity contribution in [1.29, 1.82) is 0 Å². The molecule has 0 aliphatic heterocycles. The molecule has 0 spiro atoms. The Bertz CT molecular complexity index is 346. The molecule has 4 nitrogen and oxygen atoms in total. The van der Waals surface area contributed by atoms with Crippen molar-refractivity contribution in [1.82, 2.24) is 15.1 Å². The summed E-state index contributed by atoms with van der Waals surface area (Å²) in [6.45, 7) is 6.41. The summed E-state index contributed by atoms with van der Waals surface area (Å²) < 4.78 is 1.61. The fourth-order valence-electron chi connectivity index (χ4n) is 1.22. The lowest BCUT2D eigenvalue weighted by Gasteiger charge is -2.03. The number of amides is 1. The molecular formula is C9H14ClN3O. The number of halogens is 1. The third-order valence-corrected chi connectivity index (χ3v) is 2.51. The van der Waals surface area contributed by atoms with Crippen LogP contribution in [-0.4, -0.2) is 22.2 Å². The number of aromatic nitrogens is 2. The van der Waals surface area contributed by atoms with Gasteiger partial charge in [0.2, 0.25) is 5.91 Å². The second-order valence-electron chi connectivity index (χ2n) is 3.10. The first kappa shape index (κ1) is 11.0. The standard InChI is InChI=1S/C9H14ClN3O/c1-4-11-8(14)5-13-7(3)9(10)6(2)12-13/h4-5H2,1-3H3,(H,11,14).